The Morgan fingerprint density at radius 3 is 1.38 bits per heavy atom. The number of pyridine rings is 2. The fourth-order valence-corrected chi connectivity index (χ4v) is 6.68. The minimum absolute atomic E-state index is 0.178. The predicted octanol–water partition coefficient (Wildman–Crippen LogP) is 3.25. The minimum Gasteiger partial charge on any atom is -0.469 e. The van der Waals surface area contributed by atoms with Gasteiger partial charge in [-0.3, -0.25) is 29.1 Å². The summed E-state index contributed by atoms with van der Waals surface area (Å²) in [6, 6.07) is 11.8. The predicted molar refractivity (Wildman–Crippen MR) is 175 cm³/mol. The van der Waals surface area contributed by atoms with Crippen LogP contribution in [0.15, 0.2) is 70.7 Å². The Hall–Kier alpha value is -5.22. The number of carbonyl (C=O) groups excluding carboxylic acids is 6. The van der Waals surface area contributed by atoms with Crippen LogP contribution in [0.25, 0.3) is 21.8 Å². The van der Waals surface area contributed by atoms with Crippen LogP contribution in [0, 0.1) is 0 Å². The fourth-order valence-electron chi connectivity index (χ4n) is 4.39. The molecule has 14 nitrogen and oxygen atoms in total. The highest BCUT2D eigenvalue weighted by molar-refractivity contribution is 8.76. The number of para-hydroxylation sites is 2. The molecule has 4 rings (SSSR count). The van der Waals surface area contributed by atoms with Crippen LogP contribution in [-0.4, -0.2) is 86.2 Å². The number of ether oxygens (including phenoxy) is 4. The number of benzene rings is 2. The van der Waals surface area contributed by atoms with Gasteiger partial charge in [-0.1, -0.05) is 45.9 Å². The summed E-state index contributed by atoms with van der Waals surface area (Å²) in [5.74, 6) is -4.18. The molecular formula is C32H30N4O10S2. The van der Waals surface area contributed by atoms with Crippen LogP contribution in [0.5, 0.6) is 0 Å². The van der Waals surface area contributed by atoms with E-state index in [-0.39, 0.29) is 11.1 Å². The second-order valence-electron chi connectivity index (χ2n) is 9.93. The van der Waals surface area contributed by atoms with Crippen molar-refractivity contribution in [3.05, 3.63) is 72.1 Å². The van der Waals surface area contributed by atoms with E-state index >= 15 is 0 Å². The molecule has 0 aliphatic rings. The number of aromatic nitrogens is 2. The molecule has 2 heterocycles. The molecule has 0 radical (unpaired) electrons. The van der Waals surface area contributed by atoms with E-state index in [9.17, 15) is 28.8 Å². The van der Waals surface area contributed by atoms with Crippen molar-refractivity contribution >= 4 is 79.1 Å². The van der Waals surface area contributed by atoms with Crippen molar-refractivity contribution in [1.82, 2.24) is 20.6 Å². The van der Waals surface area contributed by atoms with E-state index in [1.165, 1.54) is 48.2 Å². The molecule has 0 saturated carbocycles. The fraction of sp³-hybridized carbons (Fsp3) is 0.250. The van der Waals surface area contributed by atoms with Gasteiger partial charge in [0.15, 0.2) is 0 Å². The van der Waals surface area contributed by atoms with Crippen molar-refractivity contribution < 1.29 is 47.7 Å². The van der Waals surface area contributed by atoms with Crippen LogP contribution in [0.3, 0.4) is 0 Å². The lowest BCUT2D eigenvalue weighted by Crippen LogP contribution is -2.43. The van der Waals surface area contributed by atoms with Gasteiger partial charge in [0.05, 0.1) is 63.4 Å². The number of esters is 4. The number of fused-ring (bicyclic) bond motifs is 2. The van der Waals surface area contributed by atoms with Crippen molar-refractivity contribution in [2.45, 2.75) is 34.7 Å². The van der Waals surface area contributed by atoms with Gasteiger partial charge >= 0.3 is 23.9 Å². The molecule has 250 valence electrons. The molecule has 2 atom stereocenters. The first-order valence-corrected chi connectivity index (χ1v) is 16.3. The zero-order chi connectivity index (χ0) is 34.8. The van der Waals surface area contributed by atoms with Gasteiger partial charge in [-0.25, -0.2) is 9.59 Å². The Balaban J connectivity index is 1.50. The minimum atomic E-state index is -1.23. The normalized spacial score (nSPS) is 12.0. The van der Waals surface area contributed by atoms with Gasteiger partial charge in [-0.15, -0.1) is 0 Å². The average molecular weight is 695 g/mol. The summed E-state index contributed by atoms with van der Waals surface area (Å²) in [6.07, 6.45) is 1.97. The maximum absolute atomic E-state index is 12.9. The Labute approximate surface area is 282 Å². The maximum Gasteiger partial charge on any atom is 0.328 e. The third-order valence-corrected chi connectivity index (χ3v) is 9.30. The Bertz CT molecular complexity index is 1750. The molecule has 0 bridgehead atoms. The number of hydrogen-bond acceptors (Lipinski definition) is 14. The molecule has 0 aliphatic heterocycles. The highest BCUT2D eigenvalue weighted by Gasteiger charge is 2.27. The highest BCUT2D eigenvalue weighted by Crippen LogP contribution is 2.42. The first kappa shape index (κ1) is 35.6. The molecule has 0 spiro atoms. The lowest BCUT2D eigenvalue weighted by atomic mass is 10.1. The van der Waals surface area contributed by atoms with E-state index in [0.29, 0.717) is 21.8 Å². The summed E-state index contributed by atoms with van der Waals surface area (Å²) < 4.78 is 18.6. The number of carbonyl (C=O) groups is 6. The number of nitrogens with zero attached hydrogens (tertiary/aromatic N) is 2. The molecule has 2 aromatic carbocycles. The van der Waals surface area contributed by atoms with Crippen molar-refractivity contribution in [2.75, 3.05) is 28.4 Å². The van der Waals surface area contributed by atoms with E-state index in [2.05, 4.69) is 30.1 Å². The summed E-state index contributed by atoms with van der Waals surface area (Å²) >= 11 is 0. The summed E-state index contributed by atoms with van der Waals surface area (Å²) in [6.45, 7) is 0. The molecule has 0 saturated heterocycles. The standard InChI is InChI=1S/C32H30N4O10S2/c1-43-25(37)13-21(31(41)45-3)35-29(39)19-11-17-7-5-9-23(27(17)33-15-19)47-48-24-10-6-8-18-12-20(16-34-28(18)24)30(40)36-22(32(42)46-4)14-26(38)44-2/h5-12,15-16,21-22H,13-14H2,1-4H3,(H,35,39)(H,36,40)/t21-,22-/m0/s1. The lowest BCUT2D eigenvalue weighted by Gasteiger charge is -2.15. The van der Waals surface area contributed by atoms with Gasteiger partial charge in [-0.05, 0) is 24.3 Å². The largest absolute Gasteiger partial charge is 0.469 e. The SMILES string of the molecule is COC(=O)C[C@H](NC(=O)c1cnc2c(SSc3cccc4cc(C(=O)N[C@@H](CC(=O)OC)C(=O)OC)cnc34)cccc2c1)C(=O)OC. The van der Waals surface area contributed by atoms with E-state index in [1.807, 2.05) is 24.3 Å². The average Bonchev–Trinajstić information content (AvgIpc) is 3.11. The van der Waals surface area contributed by atoms with Crippen LogP contribution in [0.4, 0.5) is 0 Å². The number of rotatable bonds is 13. The molecule has 16 heteroatoms. The molecule has 0 fully saturated rings. The van der Waals surface area contributed by atoms with Gasteiger partial charge in [0.25, 0.3) is 11.8 Å². The second-order valence-corrected chi connectivity index (χ2v) is 12.1. The van der Waals surface area contributed by atoms with Crippen molar-refractivity contribution in [3.63, 3.8) is 0 Å². The zero-order valence-electron chi connectivity index (χ0n) is 26.1. The molecule has 4 aromatic rings. The second kappa shape index (κ2) is 16.6. The molecule has 2 amide bonds. The summed E-state index contributed by atoms with van der Waals surface area (Å²) in [5.41, 5.74) is 1.62. The number of amides is 2. The van der Waals surface area contributed by atoms with Gasteiger partial charge < -0.3 is 29.6 Å². The third-order valence-electron chi connectivity index (χ3n) is 6.87. The van der Waals surface area contributed by atoms with E-state index in [0.717, 1.165) is 24.0 Å². The lowest BCUT2D eigenvalue weighted by molar-refractivity contribution is -0.149. The molecule has 2 N–H and O–H groups in total. The van der Waals surface area contributed by atoms with Gasteiger partial charge in [0.2, 0.25) is 0 Å². The topological polar surface area (TPSA) is 189 Å². The van der Waals surface area contributed by atoms with E-state index in [1.54, 1.807) is 24.3 Å². The van der Waals surface area contributed by atoms with Crippen LogP contribution in [0.2, 0.25) is 0 Å². The third kappa shape index (κ3) is 8.77. The maximum atomic E-state index is 12.9. The number of nitrogens with one attached hydrogen (secondary N) is 2. The van der Waals surface area contributed by atoms with Crippen molar-refractivity contribution in [3.8, 4) is 0 Å². The van der Waals surface area contributed by atoms with Gasteiger partial charge in [-0.2, -0.15) is 0 Å². The van der Waals surface area contributed by atoms with Crippen LogP contribution < -0.4 is 10.6 Å². The quantitative estimate of drug-likeness (QED) is 0.118. The van der Waals surface area contributed by atoms with E-state index < -0.39 is 60.6 Å². The Kier molecular flexibility index (Phi) is 12.3. The van der Waals surface area contributed by atoms with Gasteiger partial charge in [0.1, 0.15) is 12.1 Å². The zero-order valence-corrected chi connectivity index (χ0v) is 27.8. The Morgan fingerprint density at radius 1 is 0.625 bits per heavy atom. The monoisotopic (exact) mass is 694 g/mol. The smallest absolute Gasteiger partial charge is 0.328 e. The summed E-state index contributed by atoms with van der Waals surface area (Å²) in [7, 11) is 7.49. The molecule has 48 heavy (non-hydrogen) atoms. The first-order valence-electron chi connectivity index (χ1n) is 14.1. The molecule has 2 aromatic heterocycles. The van der Waals surface area contributed by atoms with Crippen LogP contribution in [0.1, 0.15) is 33.6 Å². The molecular weight excluding hydrogens is 665 g/mol. The molecule has 0 aliphatic carbocycles. The summed E-state index contributed by atoms with van der Waals surface area (Å²) in [4.78, 5) is 84.1. The molecule has 0 unspecified atom stereocenters. The number of methoxy groups -OCH3 is 4. The van der Waals surface area contributed by atoms with Crippen LogP contribution >= 0.6 is 21.6 Å². The summed E-state index contributed by atoms with van der Waals surface area (Å²) in [5, 5.41) is 6.32. The van der Waals surface area contributed by atoms with Crippen LogP contribution in [-0.2, 0) is 38.1 Å². The first-order chi connectivity index (χ1) is 23.1. The van der Waals surface area contributed by atoms with E-state index in [4.69, 9.17) is 9.47 Å². The Morgan fingerprint density at radius 2 is 1.02 bits per heavy atom. The number of hydrogen-bond donors (Lipinski definition) is 2. The van der Waals surface area contributed by atoms with Crippen molar-refractivity contribution in [1.29, 1.82) is 0 Å². The van der Waals surface area contributed by atoms with Gasteiger partial charge in [0, 0.05) is 33.0 Å². The van der Waals surface area contributed by atoms with Crippen molar-refractivity contribution in [2.24, 2.45) is 0 Å². The highest BCUT2D eigenvalue weighted by atomic mass is 33.1.